The SMILES string of the molecule is S=C(NCc1ccccc1)SSCSSC(=S)NCc1ccccc1. The number of hydrogen-bond acceptors (Lipinski definition) is 6. The first kappa shape index (κ1) is 20.9. The quantitative estimate of drug-likeness (QED) is 0.227. The summed E-state index contributed by atoms with van der Waals surface area (Å²) >= 11 is 10.7. The van der Waals surface area contributed by atoms with Gasteiger partial charge in [-0.3, -0.25) is 0 Å². The maximum absolute atomic E-state index is 5.33. The lowest BCUT2D eigenvalue weighted by Crippen LogP contribution is -2.17. The first-order chi connectivity index (χ1) is 12.2. The molecule has 0 saturated heterocycles. The Bertz CT molecular complexity index is 593. The fraction of sp³-hybridized carbons (Fsp3) is 0.176. The van der Waals surface area contributed by atoms with Crippen molar-refractivity contribution in [2.24, 2.45) is 0 Å². The van der Waals surface area contributed by atoms with Gasteiger partial charge in [-0.05, 0) is 32.7 Å². The molecule has 0 aliphatic carbocycles. The Morgan fingerprint density at radius 2 is 1.08 bits per heavy atom. The number of rotatable bonds is 8. The van der Waals surface area contributed by atoms with Crippen LogP contribution in [-0.2, 0) is 13.1 Å². The van der Waals surface area contributed by atoms with E-state index in [1.807, 2.05) is 36.4 Å². The van der Waals surface area contributed by atoms with Crippen molar-refractivity contribution in [1.82, 2.24) is 10.6 Å². The third-order valence-corrected chi connectivity index (χ3v) is 9.38. The Kier molecular flexibility index (Phi) is 10.8. The van der Waals surface area contributed by atoms with Crippen molar-refractivity contribution in [1.29, 1.82) is 0 Å². The standard InChI is InChI=1S/C17H18N2S6/c20-16(18-11-14-7-3-1-4-8-14)24-22-13-23-25-17(21)19-12-15-9-5-2-6-10-15/h1-10H,11-13H2,(H,18,20)(H,19,21). The molecule has 132 valence electrons. The smallest absolute Gasteiger partial charge is 0.144 e. The van der Waals surface area contributed by atoms with Crippen LogP contribution in [0.1, 0.15) is 11.1 Å². The van der Waals surface area contributed by atoms with Crippen LogP contribution in [0.25, 0.3) is 0 Å². The fourth-order valence-corrected chi connectivity index (χ4v) is 7.08. The number of hydrogen-bond donors (Lipinski definition) is 2. The van der Waals surface area contributed by atoms with Gasteiger partial charge in [-0.1, -0.05) is 107 Å². The van der Waals surface area contributed by atoms with Crippen molar-refractivity contribution in [2.45, 2.75) is 13.1 Å². The van der Waals surface area contributed by atoms with Crippen molar-refractivity contribution in [3.63, 3.8) is 0 Å². The summed E-state index contributed by atoms with van der Waals surface area (Å²) < 4.78 is 1.62. The molecule has 0 aromatic heterocycles. The number of thiocarbonyl (C=S) groups is 2. The Morgan fingerprint density at radius 3 is 1.48 bits per heavy atom. The summed E-state index contributed by atoms with van der Waals surface area (Å²) in [6.07, 6.45) is 0. The molecule has 0 aliphatic heterocycles. The van der Waals surface area contributed by atoms with Crippen molar-refractivity contribution < 1.29 is 0 Å². The second-order valence-corrected chi connectivity index (χ2v) is 11.1. The van der Waals surface area contributed by atoms with E-state index in [2.05, 4.69) is 34.9 Å². The molecule has 0 unspecified atom stereocenters. The predicted octanol–water partition coefficient (Wildman–Crippen LogP) is 5.86. The van der Waals surface area contributed by atoms with Crippen LogP contribution in [0.2, 0.25) is 0 Å². The van der Waals surface area contributed by atoms with Gasteiger partial charge in [0.2, 0.25) is 0 Å². The van der Waals surface area contributed by atoms with Crippen LogP contribution in [0.5, 0.6) is 0 Å². The molecule has 2 aromatic rings. The largest absolute Gasteiger partial charge is 0.366 e. The summed E-state index contributed by atoms with van der Waals surface area (Å²) in [5.41, 5.74) is 2.46. The second-order valence-electron chi connectivity index (χ2n) is 4.77. The summed E-state index contributed by atoms with van der Waals surface area (Å²) in [6, 6.07) is 20.5. The zero-order valence-corrected chi connectivity index (χ0v) is 18.2. The molecule has 2 rings (SSSR count). The summed E-state index contributed by atoms with van der Waals surface area (Å²) in [5.74, 6) is 0. The Hall–Kier alpha value is -0.380. The van der Waals surface area contributed by atoms with Crippen LogP contribution in [0.4, 0.5) is 0 Å². The van der Waals surface area contributed by atoms with Gasteiger partial charge in [-0.2, -0.15) is 0 Å². The van der Waals surface area contributed by atoms with Crippen molar-refractivity contribution >= 4 is 76.3 Å². The van der Waals surface area contributed by atoms with E-state index in [1.54, 1.807) is 43.2 Å². The van der Waals surface area contributed by atoms with Crippen LogP contribution in [-0.4, -0.2) is 13.7 Å². The highest BCUT2D eigenvalue weighted by atomic mass is 33.1. The molecule has 0 fully saturated rings. The molecule has 25 heavy (non-hydrogen) atoms. The highest BCUT2D eigenvalue weighted by Crippen LogP contribution is 2.33. The van der Waals surface area contributed by atoms with E-state index in [-0.39, 0.29) is 0 Å². The first-order valence-corrected chi connectivity index (χ1v) is 12.9. The first-order valence-electron chi connectivity index (χ1n) is 7.46. The van der Waals surface area contributed by atoms with Crippen molar-refractivity contribution in [2.75, 3.05) is 5.08 Å². The zero-order chi connectivity index (χ0) is 17.7. The minimum atomic E-state index is 0.766. The summed E-state index contributed by atoms with van der Waals surface area (Å²) in [5, 5.41) is 7.43. The minimum Gasteiger partial charge on any atom is -0.366 e. The van der Waals surface area contributed by atoms with Gasteiger partial charge in [0.25, 0.3) is 0 Å². The zero-order valence-electron chi connectivity index (χ0n) is 13.3. The van der Waals surface area contributed by atoms with Gasteiger partial charge in [0.15, 0.2) is 0 Å². The second kappa shape index (κ2) is 12.9. The summed E-state index contributed by atoms with van der Waals surface area (Å²) in [4.78, 5) is 0. The molecule has 0 bridgehead atoms. The van der Waals surface area contributed by atoms with Crippen LogP contribution in [0.15, 0.2) is 60.7 Å². The normalized spacial score (nSPS) is 10.2. The van der Waals surface area contributed by atoms with Crippen molar-refractivity contribution in [3.05, 3.63) is 71.8 Å². The van der Waals surface area contributed by atoms with Crippen LogP contribution >= 0.6 is 67.6 Å². The lowest BCUT2D eigenvalue weighted by molar-refractivity contribution is 0.940. The highest BCUT2D eigenvalue weighted by Gasteiger charge is 2.02. The molecule has 2 nitrogen and oxygen atoms in total. The molecule has 0 atom stereocenters. The fourth-order valence-electron chi connectivity index (χ4n) is 1.77. The van der Waals surface area contributed by atoms with Crippen LogP contribution in [0, 0.1) is 0 Å². The third kappa shape index (κ3) is 9.77. The number of nitrogens with one attached hydrogen (secondary N) is 2. The Balaban J connectivity index is 1.48. The van der Waals surface area contributed by atoms with Gasteiger partial charge in [-0.15, -0.1) is 0 Å². The molecular formula is C17H18N2S6. The van der Waals surface area contributed by atoms with Gasteiger partial charge < -0.3 is 10.6 Å². The minimum absolute atomic E-state index is 0.766. The van der Waals surface area contributed by atoms with Gasteiger partial charge in [0.1, 0.15) is 8.64 Å². The Labute approximate surface area is 175 Å². The van der Waals surface area contributed by atoms with Crippen LogP contribution < -0.4 is 10.6 Å². The molecule has 0 saturated carbocycles. The third-order valence-electron chi connectivity index (χ3n) is 2.92. The average Bonchev–Trinajstić information content (AvgIpc) is 2.66. The predicted molar refractivity (Wildman–Crippen MR) is 127 cm³/mol. The maximum atomic E-state index is 5.33. The molecule has 0 radical (unpaired) electrons. The highest BCUT2D eigenvalue weighted by molar-refractivity contribution is 8.91. The molecule has 0 heterocycles. The van der Waals surface area contributed by atoms with Crippen molar-refractivity contribution in [3.8, 4) is 0 Å². The molecule has 0 amide bonds. The summed E-state index contributed by atoms with van der Waals surface area (Å²) in [7, 11) is 6.63. The average molecular weight is 443 g/mol. The monoisotopic (exact) mass is 442 g/mol. The van der Waals surface area contributed by atoms with E-state index >= 15 is 0 Å². The van der Waals surface area contributed by atoms with E-state index in [4.69, 9.17) is 24.4 Å². The van der Waals surface area contributed by atoms with Gasteiger partial charge in [-0.25, -0.2) is 0 Å². The summed E-state index contributed by atoms with van der Waals surface area (Å²) in [6.45, 7) is 1.53. The topological polar surface area (TPSA) is 24.1 Å². The lowest BCUT2D eigenvalue weighted by Gasteiger charge is -2.08. The van der Waals surface area contributed by atoms with E-state index in [0.717, 1.165) is 26.8 Å². The molecule has 0 spiro atoms. The Morgan fingerprint density at radius 1 is 0.680 bits per heavy atom. The maximum Gasteiger partial charge on any atom is 0.144 e. The van der Waals surface area contributed by atoms with E-state index in [1.165, 1.54) is 11.1 Å². The van der Waals surface area contributed by atoms with E-state index in [0.29, 0.717) is 0 Å². The molecule has 2 aromatic carbocycles. The van der Waals surface area contributed by atoms with E-state index < -0.39 is 0 Å². The molecular weight excluding hydrogens is 425 g/mol. The van der Waals surface area contributed by atoms with Crippen LogP contribution in [0.3, 0.4) is 0 Å². The van der Waals surface area contributed by atoms with Gasteiger partial charge in [0.05, 0.1) is 5.08 Å². The lowest BCUT2D eigenvalue weighted by atomic mass is 10.2. The molecule has 0 aliphatic rings. The molecule has 8 heteroatoms. The number of benzene rings is 2. The van der Waals surface area contributed by atoms with Gasteiger partial charge in [0, 0.05) is 13.1 Å². The molecule has 2 N–H and O–H groups in total. The van der Waals surface area contributed by atoms with Gasteiger partial charge >= 0.3 is 0 Å². The van der Waals surface area contributed by atoms with E-state index in [9.17, 15) is 0 Å².